The van der Waals surface area contributed by atoms with Gasteiger partial charge in [0, 0.05) is 23.2 Å². The molecular formula is C20H23N3O5S. The summed E-state index contributed by atoms with van der Waals surface area (Å²) < 4.78 is 5.30. The summed E-state index contributed by atoms with van der Waals surface area (Å²) in [6.45, 7) is 5.40. The second-order valence-electron chi connectivity index (χ2n) is 7.82. The number of benzene rings is 1. The van der Waals surface area contributed by atoms with Gasteiger partial charge in [0.2, 0.25) is 5.91 Å². The Morgan fingerprint density at radius 3 is 2.69 bits per heavy atom. The predicted molar refractivity (Wildman–Crippen MR) is 108 cm³/mol. The number of nitrogens with zero attached hydrogens (tertiary/aromatic N) is 1. The van der Waals surface area contributed by atoms with Gasteiger partial charge in [0.05, 0.1) is 10.9 Å². The first-order valence-electron chi connectivity index (χ1n) is 9.17. The molecule has 0 bridgehead atoms. The summed E-state index contributed by atoms with van der Waals surface area (Å²) in [5.74, 6) is -1.84. The van der Waals surface area contributed by atoms with Gasteiger partial charge in [-0.1, -0.05) is 18.2 Å². The van der Waals surface area contributed by atoms with E-state index in [1.807, 2.05) is 18.2 Å². The molecule has 9 heteroatoms. The molecule has 3 rings (SSSR count). The molecule has 2 amide bonds. The average Bonchev–Trinajstić information content (AvgIpc) is 3.04. The van der Waals surface area contributed by atoms with Crippen molar-refractivity contribution in [3.63, 3.8) is 0 Å². The molecule has 2 atom stereocenters. The smallest absolute Gasteiger partial charge is 0.412 e. The molecule has 1 aliphatic rings. The third-order valence-corrected chi connectivity index (χ3v) is 5.34. The van der Waals surface area contributed by atoms with Crippen LogP contribution in [0, 0.1) is 5.92 Å². The predicted octanol–water partition coefficient (Wildman–Crippen LogP) is 2.82. The Morgan fingerprint density at radius 2 is 2.03 bits per heavy atom. The van der Waals surface area contributed by atoms with Gasteiger partial charge in [-0.2, -0.15) is 0 Å². The fourth-order valence-corrected chi connectivity index (χ4v) is 3.98. The minimum atomic E-state index is -1.03. The van der Waals surface area contributed by atoms with Crippen LogP contribution in [-0.4, -0.2) is 39.7 Å². The van der Waals surface area contributed by atoms with E-state index in [0.29, 0.717) is 18.5 Å². The van der Waals surface area contributed by atoms with Crippen LogP contribution in [0.5, 0.6) is 0 Å². The molecule has 0 aliphatic carbocycles. The number of anilines is 1. The van der Waals surface area contributed by atoms with Crippen molar-refractivity contribution in [1.82, 2.24) is 10.3 Å². The summed E-state index contributed by atoms with van der Waals surface area (Å²) >= 11 is 1.43. The van der Waals surface area contributed by atoms with E-state index < -0.39 is 29.6 Å². The number of para-hydroxylation sites is 1. The minimum absolute atomic E-state index is 0.251. The highest BCUT2D eigenvalue weighted by molar-refractivity contribution is 7.11. The molecule has 1 saturated heterocycles. The summed E-state index contributed by atoms with van der Waals surface area (Å²) in [7, 11) is 0. The molecule has 1 aliphatic heterocycles. The van der Waals surface area contributed by atoms with Crippen molar-refractivity contribution in [3.8, 4) is 0 Å². The lowest BCUT2D eigenvalue weighted by Crippen LogP contribution is -2.62. The van der Waals surface area contributed by atoms with Gasteiger partial charge in [0.25, 0.3) is 0 Å². The lowest BCUT2D eigenvalue weighted by Gasteiger charge is -2.33. The fraction of sp³-hybridized carbons (Fsp3) is 0.400. The number of rotatable bonds is 6. The molecule has 0 radical (unpaired) electrons. The SMILES string of the molecule is CC(C)(C)OC(=O)Nc1ccccc1Cc1ncc(C[C@H]2C(=O)N[C@@H]2C(=O)O)s1. The molecule has 154 valence electrons. The maximum absolute atomic E-state index is 12.1. The van der Waals surface area contributed by atoms with Gasteiger partial charge in [0.15, 0.2) is 0 Å². The van der Waals surface area contributed by atoms with Crippen LogP contribution in [-0.2, 0) is 27.2 Å². The molecule has 0 unspecified atom stereocenters. The van der Waals surface area contributed by atoms with Crippen LogP contribution in [0.2, 0.25) is 0 Å². The second kappa shape index (κ2) is 8.20. The van der Waals surface area contributed by atoms with Gasteiger partial charge < -0.3 is 15.2 Å². The molecule has 0 saturated carbocycles. The normalized spacial score (nSPS) is 18.5. The number of carbonyl (C=O) groups is 3. The number of carbonyl (C=O) groups excluding carboxylic acids is 2. The summed E-state index contributed by atoms with van der Waals surface area (Å²) in [5.41, 5.74) is 0.928. The van der Waals surface area contributed by atoms with Gasteiger partial charge in [-0.3, -0.25) is 10.1 Å². The highest BCUT2D eigenvalue weighted by Gasteiger charge is 2.44. The first-order chi connectivity index (χ1) is 13.6. The molecule has 2 aromatic rings. The maximum Gasteiger partial charge on any atom is 0.412 e. The van der Waals surface area contributed by atoms with Crippen LogP contribution >= 0.6 is 11.3 Å². The van der Waals surface area contributed by atoms with Crippen LogP contribution in [0.4, 0.5) is 10.5 Å². The van der Waals surface area contributed by atoms with Crippen molar-refractivity contribution in [2.45, 2.75) is 45.3 Å². The lowest BCUT2D eigenvalue weighted by molar-refractivity contribution is -0.153. The van der Waals surface area contributed by atoms with Crippen LogP contribution in [0.15, 0.2) is 30.5 Å². The number of carboxylic acid groups (broad SMARTS) is 1. The fourth-order valence-electron chi connectivity index (χ4n) is 2.97. The largest absolute Gasteiger partial charge is 0.480 e. The number of hydrogen-bond acceptors (Lipinski definition) is 6. The Kier molecular flexibility index (Phi) is 5.88. The van der Waals surface area contributed by atoms with E-state index in [-0.39, 0.29) is 5.91 Å². The Bertz CT molecular complexity index is 934. The van der Waals surface area contributed by atoms with E-state index in [0.717, 1.165) is 15.4 Å². The van der Waals surface area contributed by atoms with Crippen LogP contribution in [0.1, 0.15) is 36.2 Å². The zero-order chi connectivity index (χ0) is 21.2. The number of ether oxygens (including phenoxy) is 1. The third-order valence-electron chi connectivity index (χ3n) is 4.32. The van der Waals surface area contributed by atoms with Crippen molar-refractivity contribution in [1.29, 1.82) is 0 Å². The Balaban J connectivity index is 1.66. The van der Waals surface area contributed by atoms with E-state index in [1.165, 1.54) is 11.3 Å². The molecule has 1 aromatic heterocycles. The summed E-state index contributed by atoms with van der Waals surface area (Å²) in [4.78, 5) is 40.1. The number of amides is 2. The Hall–Kier alpha value is -2.94. The van der Waals surface area contributed by atoms with Gasteiger partial charge in [-0.05, 0) is 38.8 Å². The average molecular weight is 417 g/mol. The third kappa shape index (κ3) is 5.32. The molecular weight excluding hydrogens is 394 g/mol. The summed E-state index contributed by atoms with van der Waals surface area (Å²) in [6.07, 6.45) is 1.99. The van der Waals surface area contributed by atoms with Gasteiger partial charge in [-0.25, -0.2) is 14.6 Å². The monoisotopic (exact) mass is 417 g/mol. The molecule has 8 nitrogen and oxygen atoms in total. The number of hydrogen-bond donors (Lipinski definition) is 3. The number of aromatic nitrogens is 1. The highest BCUT2D eigenvalue weighted by Crippen LogP contribution is 2.27. The van der Waals surface area contributed by atoms with E-state index >= 15 is 0 Å². The van der Waals surface area contributed by atoms with Crippen molar-refractivity contribution < 1.29 is 24.2 Å². The van der Waals surface area contributed by atoms with Crippen molar-refractivity contribution in [2.75, 3.05) is 5.32 Å². The van der Waals surface area contributed by atoms with E-state index in [1.54, 1.807) is 33.0 Å². The number of nitrogens with one attached hydrogen (secondary N) is 2. The van der Waals surface area contributed by atoms with E-state index in [9.17, 15) is 14.4 Å². The molecule has 3 N–H and O–H groups in total. The number of carboxylic acids is 1. The topological polar surface area (TPSA) is 118 Å². The Labute approximate surface area is 172 Å². The first-order valence-corrected chi connectivity index (χ1v) is 9.99. The minimum Gasteiger partial charge on any atom is -0.480 e. The van der Waals surface area contributed by atoms with Crippen molar-refractivity contribution in [2.24, 2.45) is 5.92 Å². The highest BCUT2D eigenvalue weighted by atomic mass is 32.1. The molecule has 29 heavy (non-hydrogen) atoms. The molecule has 0 spiro atoms. The van der Waals surface area contributed by atoms with Gasteiger partial charge in [-0.15, -0.1) is 11.3 Å². The second-order valence-corrected chi connectivity index (χ2v) is 9.02. The van der Waals surface area contributed by atoms with Gasteiger partial charge in [0.1, 0.15) is 11.6 Å². The van der Waals surface area contributed by atoms with E-state index in [4.69, 9.17) is 9.84 Å². The quantitative estimate of drug-likeness (QED) is 0.622. The Morgan fingerprint density at radius 1 is 1.31 bits per heavy atom. The molecule has 2 heterocycles. The number of aliphatic carboxylic acids is 1. The van der Waals surface area contributed by atoms with Crippen LogP contribution < -0.4 is 10.6 Å². The standard InChI is InChI=1S/C20H23N3O5S/c1-20(2,3)28-19(27)22-14-7-5-4-6-11(14)8-15-21-10-12(29-15)9-13-16(18(25)26)23-17(13)24/h4-7,10,13,16H,8-9H2,1-3H3,(H,22,27)(H,23,24)(H,25,26)/t13-,16+/m1/s1. The van der Waals surface area contributed by atoms with Crippen molar-refractivity contribution in [3.05, 3.63) is 45.9 Å². The van der Waals surface area contributed by atoms with Crippen LogP contribution in [0.3, 0.4) is 0 Å². The van der Waals surface area contributed by atoms with Crippen molar-refractivity contribution >= 4 is 35.0 Å². The zero-order valence-electron chi connectivity index (χ0n) is 16.4. The summed E-state index contributed by atoms with van der Waals surface area (Å²) in [5, 5.41) is 15.1. The molecule has 1 fully saturated rings. The zero-order valence-corrected chi connectivity index (χ0v) is 17.2. The van der Waals surface area contributed by atoms with E-state index in [2.05, 4.69) is 15.6 Å². The first kappa shape index (κ1) is 20.8. The van der Waals surface area contributed by atoms with Crippen LogP contribution in [0.25, 0.3) is 0 Å². The maximum atomic E-state index is 12.1. The number of β-lactam (4-membered cyclic amide) rings is 1. The lowest BCUT2D eigenvalue weighted by atomic mass is 9.87. The number of thiazole rings is 1. The molecule has 1 aromatic carbocycles. The van der Waals surface area contributed by atoms with Gasteiger partial charge >= 0.3 is 12.1 Å². The summed E-state index contributed by atoms with van der Waals surface area (Å²) in [6, 6.07) is 6.55.